The van der Waals surface area contributed by atoms with Crippen LogP contribution in [0.1, 0.15) is 33.5 Å². The Labute approximate surface area is 145 Å². The molecule has 2 aromatic carbocycles. The van der Waals surface area contributed by atoms with Gasteiger partial charge in [0.2, 0.25) is 12.7 Å². The van der Waals surface area contributed by atoms with Gasteiger partial charge in [0.1, 0.15) is 0 Å². The van der Waals surface area contributed by atoms with Crippen LogP contribution in [-0.2, 0) is 24.1 Å². The van der Waals surface area contributed by atoms with Crippen LogP contribution in [0.4, 0.5) is 0 Å². The Morgan fingerprint density at radius 2 is 1.76 bits per heavy atom. The van der Waals surface area contributed by atoms with Crippen molar-refractivity contribution in [1.82, 2.24) is 10.9 Å². The number of nitrogens with one attached hydrogen (secondary N) is 2. The standard InChI is InChI=1S/C19H18N2O4/c22-18(9-12-4-5-13-2-1-3-14(13)8-12)20-21-19(23)15-6-7-16-17(10-15)25-11-24-16/h4-8,10H,1-3,9,11H2,(H,20,22)(H,21,23). The summed E-state index contributed by atoms with van der Waals surface area (Å²) in [5, 5.41) is 0. The lowest BCUT2D eigenvalue weighted by Gasteiger charge is -2.09. The predicted molar refractivity (Wildman–Crippen MR) is 90.3 cm³/mol. The molecular weight excluding hydrogens is 320 g/mol. The highest BCUT2D eigenvalue weighted by atomic mass is 16.7. The number of hydrogen-bond acceptors (Lipinski definition) is 4. The molecule has 0 spiro atoms. The highest BCUT2D eigenvalue weighted by molar-refractivity contribution is 5.96. The highest BCUT2D eigenvalue weighted by Crippen LogP contribution is 2.32. The van der Waals surface area contributed by atoms with Crippen molar-refractivity contribution in [1.29, 1.82) is 0 Å². The number of amides is 2. The summed E-state index contributed by atoms with van der Waals surface area (Å²) in [6.07, 6.45) is 3.60. The third kappa shape index (κ3) is 3.28. The van der Waals surface area contributed by atoms with Crippen molar-refractivity contribution in [3.8, 4) is 11.5 Å². The third-order valence-corrected chi connectivity index (χ3v) is 4.48. The molecule has 6 nitrogen and oxygen atoms in total. The molecule has 2 amide bonds. The van der Waals surface area contributed by atoms with Gasteiger partial charge < -0.3 is 9.47 Å². The van der Waals surface area contributed by atoms with E-state index >= 15 is 0 Å². The summed E-state index contributed by atoms with van der Waals surface area (Å²) < 4.78 is 10.4. The summed E-state index contributed by atoms with van der Waals surface area (Å²) in [5.74, 6) is 0.474. The van der Waals surface area contributed by atoms with Crippen molar-refractivity contribution in [2.24, 2.45) is 0 Å². The van der Waals surface area contributed by atoms with Crippen LogP contribution in [0.5, 0.6) is 11.5 Å². The van der Waals surface area contributed by atoms with Gasteiger partial charge in [0, 0.05) is 5.56 Å². The van der Waals surface area contributed by atoms with E-state index in [1.807, 2.05) is 6.07 Å². The maximum atomic E-state index is 12.1. The lowest BCUT2D eigenvalue weighted by atomic mass is 10.0. The molecule has 0 aromatic heterocycles. The van der Waals surface area contributed by atoms with Crippen molar-refractivity contribution in [3.05, 3.63) is 58.7 Å². The Morgan fingerprint density at radius 3 is 2.68 bits per heavy atom. The molecule has 25 heavy (non-hydrogen) atoms. The molecule has 0 saturated heterocycles. The van der Waals surface area contributed by atoms with E-state index < -0.39 is 5.91 Å². The fourth-order valence-corrected chi connectivity index (χ4v) is 3.20. The zero-order valence-corrected chi connectivity index (χ0v) is 13.6. The van der Waals surface area contributed by atoms with Gasteiger partial charge in [-0.1, -0.05) is 18.2 Å². The number of aryl methyl sites for hydroxylation is 2. The van der Waals surface area contributed by atoms with Crippen molar-refractivity contribution in [3.63, 3.8) is 0 Å². The lowest BCUT2D eigenvalue weighted by Crippen LogP contribution is -2.42. The molecule has 4 rings (SSSR count). The van der Waals surface area contributed by atoms with E-state index in [9.17, 15) is 9.59 Å². The van der Waals surface area contributed by atoms with Crippen LogP contribution in [-0.4, -0.2) is 18.6 Å². The predicted octanol–water partition coefficient (Wildman–Crippen LogP) is 1.91. The van der Waals surface area contributed by atoms with Gasteiger partial charge in [-0.05, 0) is 54.2 Å². The fourth-order valence-electron chi connectivity index (χ4n) is 3.20. The van der Waals surface area contributed by atoms with Gasteiger partial charge in [-0.15, -0.1) is 0 Å². The second-order valence-electron chi connectivity index (χ2n) is 6.20. The fraction of sp³-hybridized carbons (Fsp3) is 0.263. The van der Waals surface area contributed by atoms with Gasteiger partial charge in [0.05, 0.1) is 6.42 Å². The number of hydrogen-bond donors (Lipinski definition) is 2. The number of hydrazine groups is 1. The van der Waals surface area contributed by atoms with E-state index in [1.165, 1.54) is 17.5 Å². The minimum atomic E-state index is -0.402. The molecule has 0 saturated carbocycles. The van der Waals surface area contributed by atoms with Crippen molar-refractivity contribution in [2.45, 2.75) is 25.7 Å². The normalized spacial score (nSPS) is 14.1. The number of carbonyl (C=O) groups is 2. The first-order chi connectivity index (χ1) is 12.2. The summed E-state index contributed by atoms with van der Waals surface area (Å²) >= 11 is 0. The SMILES string of the molecule is O=C(Cc1ccc2c(c1)CCC2)NNC(=O)c1ccc2c(c1)OCO2. The van der Waals surface area contributed by atoms with Crippen LogP contribution in [0, 0.1) is 0 Å². The van der Waals surface area contributed by atoms with Crippen LogP contribution in [0.15, 0.2) is 36.4 Å². The molecule has 1 heterocycles. The van der Waals surface area contributed by atoms with Gasteiger partial charge in [0.25, 0.3) is 5.91 Å². The van der Waals surface area contributed by atoms with Gasteiger partial charge >= 0.3 is 0 Å². The summed E-state index contributed by atoms with van der Waals surface area (Å²) in [6.45, 7) is 0.151. The maximum Gasteiger partial charge on any atom is 0.269 e. The smallest absolute Gasteiger partial charge is 0.269 e. The molecule has 2 N–H and O–H groups in total. The molecule has 0 fully saturated rings. The zero-order chi connectivity index (χ0) is 17.2. The summed E-state index contributed by atoms with van der Waals surface area (Å²) in [6, 6.07) is 11.0. The Morgan fingerprint density at radius 1 is 0.920 bits per heavy atom. The Balaban J connectivity index is 1.33. The van der Waals surface area contributed by atoms with Gasteiger partial charge in [-0.2, -0.15) is 0 Å². The van der Waals surface area contributed by atoms with Gasteiger partial charge in [-0.3, -0.25) is 20.4 Å². The topological polar surface area (TPSA) is 76.7 Å². The molecule has 0 atom stereocenters. The first-order valence-electron chi connectivity index (χ1n) is 8.28. The van der Waals surface area contributed by atoms with E-state index in [2.05, 4.69) is 23.0 Å². The second-order valence-corrected chi connectivity index (χ2v) is 6.20. The molecule has 0 radical (unpaired) electrons. The molecule has 0 bridgehead atoms. The molecule has 1 aliphatic carbocycles. The quantitative estimate of drug-likeness (QED) is 0.838. The number of ether oxygens (including phenoxy) is 2. The molecule has 6 heteroatoms. The number of rotatable bonds is 3. The van der Waals surface area contributed by atoms with Crippen LogP contribution < -0.4 is 20.3 Å². The molecule has 128 valence electrons. The number of carbonyl (C=O) groups excluding carboxylic acids is 2. The minimum Gasteiger partial charge on any atom is -0.454 e. The van der Waals surface area contributed by atoms with Gasteiger partial charge in [0.15, 0.2) is 11.5 Å². The van der Waals surface area contributed by atoms with E-state index in [0.29, 0.717) is 17.1 Å². The van der Waals surface area contributed by atoms with Crippen molar-refractivity contribution < 1.29 is 19.1 Å². The second kappa shape index (κ2) is 6.47. The summed E-state index contributed by atoms with van der Waals surface area (Å²) in [5.41, 5.74) is 8.93. The zero-order valence-electron chi connectivity index (χ0n) is 13.6. The van der Waals surface area contributed by atoms with E-state index in [-0.39, 0.29) is 19.1 Å². The minimum absolute atomic E-state index is 0.151. The summed E-state index contributed by atoms with van der Waals surface area (Å²) in [7, 11) is 0. The lowest BCUT2D eigenvalue weighted by molar-refractivity contribution is -0.121. The van der Waals surface area contributed by atoms with E-state index in [1.54, 1.807) is 18.2 Å². The van der Waals surface area contributed by atoms with Crippen LogP contribution >= 0.6 is 0 Å². The van der Waals surface area contributed by atoms with Gasteiger partial charge in [-0.25, -0.2) is 0 Å². The molecule has 0 unspecified atom stereocenters. The highest BCUT2D eigenvalue weighted by Gasteiger charge is 2.17. The van der Waals surface area contributed by atoms with E-state index in [0.717, 1.165) is 18.4 Å². The summed E-state index contributed by atoms with van der Waals surface area (Å²) in [4.78, 5) is 24.2. The Kier molecular flexibility index (Phi) is 4.01. The molecule has 2 aliphatic rings. The average Bonchev–Trinajstić information content (AvgIpc) is 3.27. The van der Waals surface area contributed by atoms with Crippen LogP contribution in [0.2, 0.25) is 0 Å². The van der Waals surface area contributed by atoms with Crippen LogP contribution in [0.3, 0.4) is 0 Å². The maximum absolute atomic E-state index is 12.1. The van der Waals surface area contributed by atoms with Crippen molar-refractivity contribution >= 4 is 11.8 Å². The number of fused-ring (bicyclic) bond motifs is 2. The average molecular weight is 338 g/mol. The Bertz CT molecular complexity index is 847. The molecule has 2 aromatic rings. The van der Waals surface area contributed by atoms with E-state index in [4.69, 9.17) is 9.47 Å². The first-order valence-corrected chi connectivity index (χ1v) is 8.28. The monoisotopic (exact) mass is 338 g/mol. The van der Waals surface area contributed by atoms with Crippen molar-refractivity contribution in [2.75, 3.05) is 6.79 Å². The molecule has 1 aliphatic heterocycles. The molecular formula is C19H18N2O4. The third-order valence-electron chi connectivity index (χ3n) is 4.48. The van der Waals surface area contributed by atoms with Crippen LogP contribution in [0.25, 0.3) is 0 Å². The Hall–Kier alpha value is -3.02. The largest absolute Gasteiger partial charge is 0.454 e. The number of benzene rings is 2. The first kappa shape index (κ1) is 15.5.